The molecule has 0 unspecified atom stereocenters. The van der Waals surface area contributed by atoms with Gasteiger partial charge in [0.2, 0.25) is 5.91 Å². The number of rotatable bonds is 5. The van der Waals surface area contributed by atoms with Crippen molar-refractivity contribution < 1.29 is 4.79 Å². The van der Waals surface area contributed by atoms with Crippen molar-refractivity contribution in [1.29, 1.82) is 0 Å². The number of pyridine rings is 1. The fourth-order valence-electron chi connectivity index (χ4n) is 4.52. The zero-order valence-corrected chi connectivity index (χ0v) is 18.2. The summed E-state index contributed by atoms with van der Waals surface area (Å²) in [5, 5.41) is 7.25. The molecule has 0 bridgehead atoms. The highest BCUT2D eigenvalue weighted by Crippen LogP contribution is 2.23. The van der Waals surface area contributed by atoms with Crippen molar-refractivity contribution in [2.75, 3.05) is 11.4 Å². The highest BCUT2D eigenvalue weighted by atomic mass is 16.2. The first kappa shape index (κ1) is 20.5. The van der Waals surface area contributed by atoms with Gasteiger partial charge in [-0.3, -0.25) is 9.36 Å². The maximum atomic E-state index is 12.5. The van der Waals surface area contributed by atoms with Gasteiger partial charge in [0, 0.05) is 38.8 Å². The van der Waals surface area contributed by atoms with Crippen molar-refractivity contribution in [2.45, 2.75) is 58.3 Å². The number of anilines is 1. The van der Waals surface area contributed by atoms with Gasteiger partial charge >= 0.3 is 5.69 Å². The number of carbonyl (C=O) groups excluding carboxylic acids is 1. The summed E-state index contributed by atoms with van der Waals surface area (Å²) < 4.78 is 2.99. The predicted octanol–water partition coefficient (Wildman–Crippen LogP) is 2.05. The van der Waals surface area contributed by atoms with Gasteiger partial charge < -0.3 is 10.2 Å². The van der Waals surface area contributed by atoms with Gasteiger partial charge in [0.1, 0.15) is 18.2 Å². The average Bonchev–Trinajstić information content (AvgIpc) is 2.98. The zero-order valence-electron chi connectivity index (χ0n) is 18.2. The van der Waals surface area contributed by atoms with Crippen LogP contribution in [0.4, 0.5) is 5.82 Å². The molecule has 8 heteroatoms. The van der Waals surface area contributed by atoms with Crippen LogP contribution in [0, 0.1) is 0 Å². The minimum Gasteiger partial charge on any atom is -0.352 e. The Kier molecular flexibility index (Phi) is 5.75. The molecule has 0 radical (unpaired) electrons. The van der Waals surface area contributed by atoms with Crippen LogP contribution in [0.15, 0.2) is 47.4 Å². The van der Waals surface area contributed by atoms with E-state index >= 15 is 0 Å². The van der Waals surface area contributed by atoms with E-state index in [1.807, 2.05) is 12.1 Å². The van der Waals surface area contributed by atoms with E-state index in [-0.39, 0.29) is 18.1 Å². The Morgan fingerprint density at radius 1 is 1.00 bits per heavy atom. The first-order chi connectivity index (χ1) is 15.7. The summed E-state index contributed by atoms with van der Waals surface area (Å²) in [6.07, 6.45) is 6.76. The van der Waals surface area contributed by atoms with Gasteiger partial charge in [-0.1, -0.05) is 36.8 Å². The maximum Gasteiger partial charge on any atom is 0.346 e. The lowest BCUT2D eigenvalue weighted by Crippen LogP contribution is -2.33. The van der Waals surface area contributed by atoms with Crippen molar-refractivity contribution >= 4 is 11.7 Å². The molecule has 4 heterocycles. The second kappa shape index (κ2) is 8.98. The SMILES string of the molecule is O=C(Cn1nc2n(c1=O)CCCCC2)NCc1ccc(N2CCc3ccccc3C2)nc1. The van der Waals surface area contributed by atoms with Gasteiger partial charge in [0.15, 0.2) is 0 Å². The molecule has 0 saturated heterocycles. The van der Waals surface area contributed by atoms with Crippen LogP contribution in [-0.4, -0.2) is 31.8 Å². The van der Waals surface area contributed by atoms with Crippen LogP contribution in [0.25, 0.3) is 0 Å². The number of nitrogens with zero attached hydrogens (tertiary/aromatic N) is 5. The van der Waals surface area contributed by atoms with Crippen LogP contribution in [0.1, 0.15) is 41.8 Å². The molecule has 8 nitrogen and oxygen atoms in total. The highest BCUT2D eigenvalue weighted by Gasteiger charge is 2.18. The number of fused-ring (bicyclic) bond motifs is 2. The van der Waals surface area contributed by atoms with E-state index < -0.39 is 0 Å². The summed E-state index contributed by atoms with van der Waals surface area (Å²) in [7, 11) is 0. The quantitative estimate of drug-likeness (QED) is 0.667. The van der Waals surface area contributed by atoms with Crippen molar-refractivity contribution in [3.05, 3.63) is 75.6 Å². The van der Waals surface area contributed by atoms with E-state index in [0.29, 0.717) is 13.1 Å². The first-order valence-electron chi connectivity index (χ1n) is 11.4. The van der Waals surface area contributed by atoms with Crippen molar-refractivity contribution in [2.24, 2.45) is 0 Å². The Morgan fingerprint density at radius 2 is 1.88 bits per heavy atom. The predicted molar refractivity (Wildman–Crippen MR) is 121 cm³/mol. The van der Waals surface area contributed by atoms with Crippen LogP contribution in [0.3, 0.4) is 0 Å². The summed E-state index contributed by atoms with van der Waals surface area (Å²) >= 11 is 0. The molecule has 32 heavy (non-hydrogen) atoms. The topological polar surface area (TPSA) is 85.0 Å². The van der Waals surface area contributed by atoms with Gasteiger partial charge in [0.05, 0.1) is 0 Å². The van der Waals surface area contributed by atoms with Crippen LogP contribution >= 0.6 is 0 Å². The van der Waals surface area contributed by atoms with Gasteiger partial charge in [-0.25, -0.2) is 14.5 Å². The van der Waals surface area contributed by atoms with Crippen molar-refractivity contribution in [3.8, 4) is 0 Å². The minimum atomic E-state index is -0.225. The summed E-state index contributed by atoms with van der Waals surface area (Å²) in [5.74, 6) is 1.51. The zero-order chi connectivity index (χ0) is 21.9. The van der Waals surface area contributed by atoms with Gasteiger partial charge in [0.25, 0.3) is 0 Å². The van der Waals surface area contributed by atoms with Crippen LogP contribution in [0.2, 0.25) is 0 Å². The fraction of sp³-hybridized carbons (Fsp3) is 0.417. The second-order valence-electron chi connectivity index (χ2n) is 8.56. The molecule has 3 aromatic rings. The number of nitrogens with one attached hydrogen (secondary N) is 1. The molecule has 0 spiro atoms. The van der Waals surface area contributed by atoms with Crippen molar-refractivity contribution in [3.63, 3.8) is 0 Å². The van der Waals surface area contributed by atoms with Crippen LogP contribution < -0.4 is 15.9 Å². The fourth-order valence-corrected chi connectivity index (χ4v) is 4.52. The molecule has 2 aromatic heterocycles. The molecule has 2 aliphatic rings. The number of amides is 1. The van der Waals surface area contributed by atoms with Gasteiger partial charge in [-0.15, -0.1) is 0 Å². The summed E-state index contributed by atoms with van der Waals surface area (Å²) in [5.41, 5.74) is 3.50. The molecule has 5 rings (SSSR count). The lowest BCUT2D eigenvalue weighted by molar-refractivity contribution is -0.122. The molecule has 0 saturated carbocycles. The third-order valence-electron chi connectivity index (χ3n) is 6.33. The highest BCUT2D eigenvalue weighted by molar-refractivity contribution is 5.75. The minimum absolute atomic E-state index is 0.0580. The summed E-state index contributed by atoms with van der Waals surface area (Å²) in [6, 6.07) is 12.5. The third kappa shape index (κ3) is 4.30. The number of aromatic nitrogens is 4. The number of aryl methyl sites for hydroxylation is 1. The lowest BCUT2D eigenvalue weighted by atomic mass is 10.00. The van der Waals surface area contributed by atoms with Crippen LogP contribution in [0.5, 0.6) is 0 Å². The largest absolute Gasteiger partial charge is 0.352 e. The average molecular weight is 433 g/mol. The van der Waals surface area contributed by atoms with E-state index in [2.05, 4.69) is 44.6 Å². The van der Waals surface area contributed by atoms with E-state index in [1.165, 1.54) is 15.8 Å². The van der Waals surface area contributed by atoms with E-state index in [9.17, 15) is 9.59 Å². The number of benzene rings is 1. The summed E-state index contributed by atoms with van der Waals surface area (Å²) in [4.78, 5) is 31.8. The molecule has 0 fully saturated rings. The Labute approximate surface area is 186 Å². The molecular weight excluding hydrogens is 404 g/mol. The maximum absolute atomic E-state index is 12.5. The number of hydrogen-bond acceptors (Lipinski definition) is 5. The standard InChI is InChI=1S/C24H28N6O2/c31-23(17-30-24(32)29-12-5-1-2-8-22(29)27-30)26-15-18-9-10-21(25-14-18)28-13-11-19-6-3-4-7-20(19)16-28/h3-4,6-7,9-10,14H,1-2,5,8,11-13,15-17H2,(H,26,31). The normalized spacial score (nSPS) is 15.6. The lowest BCUT2D eigenvalue weighted by Gasteiger charge is -2.29. The molecule has 0 aliphatic carbocycles. The number of hydrogen-bond donors (Lipinski definition) is 1. The van der Waals surface area contributed by atoms with Gasteiger partial charge in [-0.2, -0.15) is 5.10 Å². The van der Waals surface area contributed by atoms with Crippen LogP contribution in [-0.2, 0) is 43.8 Å². The third-order valence-corrected chi connectivity index (χ3v) is 6.33. The molecule has 166 valence electrons. The van der Waals surface area contributed by atoms with Crippen molar-refractivity contribution in [1.82, 2.24) is 24.6 Å². The molecule has 1 aromatic carbocycles. The summed E-state index contributed by atoms with van der Waals surface area (Å²) in [6.45, 7) is 2.82. The van der Waals surface area contributed by atoms with E-state index in [0.717, 1.165) is 62.4 Å². The smallest absolute Gasteiger partial charge is 0.346 e. The second-order valence-corrected chi connectivity index (χ2v) is 8.56. The number of carbonyl (C=O) groups is 1. The van der Waals surface area contributed by atoms with E-state index in [4.69, 9.17) is 0 Å². The molecule has 2 aliphatic heterocycles. The molecular formula is C24H28N6O2. The first-order valence-corrected chi connectivity index (χ1v) is 11.4. The molecule has 0 atom stereocenters. The Bertz CT molecular complexity index is 1160. The van der Waals surface area contributed by atoms with E-state index in [1.54, 1.807) is 10.8 Å². The van der Waals surface area contributed by atoms with Gasteiger partial charge in [-0.05, 0) is 42.0 Å². The Hall–Kier alpha value is -3.42. The Balaban J connectivity index is 1.16. The molecule has 1 N–H and O–H groups in total. The monoisotopic (exact) mass is 432 g/mol. The molecule has 1 amide bonds. The Morgan fingerprint density at radius 3 is 2.72 bits per heavy atom.